The average molecular weight is 218 g/mol. The fraction of sp³-hybridized carbons (Fsp3) is 0.167. The summed E-state index contributed by atoms with van der Waals surface area (Å²) in [4.78, 5) is 12.0. The lowest BCUT2D eigenvalue weighted by Crippen LogP contribution is -2.36. The molecule has 2 heterocycles. The fourth-order valence-corrected chi connectivity index (χ4v) is 3.85. The maximum atomic E-state index is 11.4. The molecule has 1 aliphatic heterocycles. The van der Waals surface area contributed by atoms with Gasteiger partial charge >= 0.3 is 0 Å². The second-order valence-corrected chi connectivity index (χ2v) is 5.93. The number of carbonyl (C=O) groups excluding carboxylic acids is 1. The number of aryl methyl sites for hydroxylation is 1. The van der Waals surface area contributed by atoms with Gasteiger partial charge in [0.05, 0.1) is 5.56 Å². The first-order valence-electron chi connectivity index (χ1n) is 3.39. The van der Waals surface area contributed by atoms with Crippen LogP contribution in [0.25, 0.3) is 0 Å². The Kier molecular flexibility index (Phi) is 1.54. The summed E-state index contributed by atoms with van der Waals surface area (Å²) in [6, 6.07) is 1.53. The van der Waals surface area contributed by atoms with Crippen LogP contribution in [-0.2, 0) is 10.0 Å². The summed E-state index contributed by atoms with van der Waals surface area (Å²) < 4.78 is 23.1. The number of hydrazine groups is 1. The van der Waals surface area contributed by atoms with Gasteiger partial charge in [0.25, 0.3) is 15.9 Å². The first-order chi connectivity index (χ1) is 5.94. The van der Waals surface area contributed by atoms with Crippen LogP contribution >= 0.6 is 11.3 Å². The van der Waals surface area contributed by atoms with Gasteiger partial charge in [-0.15, -0.1) is 11.3 Å². The zero-order chi connectivity index (χ0) is 9.80. The number of thiophene rings is 1. The molecular weight excluding hydrogens is 212 g/mol. The second kappa shape index (κ2) is 2.31. The van der Waals surface area contributed by atoms with Crippen LogP contribution in [0.5, 0.6) is 0 Å². The van der Waals surface area contributed by atoms with Gasteiger partial charge in [-0.25, -0.2) is 5.84 Å². The van der Waals surface area contributed by atoms with Crippen molar-refractivity contribution in [1.82, 2.24) is 4.41 Å². The molecule has 2 rings (SSSR count). The van der Waals surface area contributed by atoms with E-state index in [1.165, 1.54) is 6.07 Å². The zero-order valence-corrected chi connectivity index (χ0v) is 8.28. The Hall–Kier alpha value is -0.920. The van der Waals surface area contributed by atoms with E-state index in [0.29, 0.717) is 0 Å². The molecule has 0 unspecified atom stereocenters. The van der Waals surface area contributed by atoms with Crippen LogP contribution in [0.3, 0.4) is 0 Å². The SMILES string of the molecule is Cc1cc2c(s1)S(=O)(=O)N(N)C2=O. The highest BCUT2D eigenvalue weighted by Crippen LogP contribution is 2.34. The van der Waals surface area contributed by atoms with E-state index in [-0.39, 0.29) is 14.2 Å². The van der Waals surface area contributed by atoms with E-state index >= 15 is 0 Å². The smallest absolute Gasteiger partial charge is 0.266 e. The number of fused-ring (bicyclic) bond motifs is 1. The van der Waals surface area contributed by atoms with Gasteiger partial charge in [-0.1, -0.05) is 0 Å². The number of hydrogen-bond acceptors (Lipinski definition) is 5. The standard InChI is InChI=1S/C6H6N2O3S2/c1-3-2-4-5(9)8(7)13(10,11)6(4)12-3/h2H,7H2,1H3. The van der Waals surface area contributed by atoms with Crippen molar-refractivity contribution < 1.29 is 13.2 Å². The highest BCUT2D eigenvalue weighted by Gasteiger charge is 2.41. The van der Waals surface area contributed by atoms with E-state index in [1.54, 1.807) is 6.92 Å². The maximum absolute atomic E-state index is 11.4. The zero-order valence-electron chi connectivity index (χ0n) is 6.64. The fourth-order valence-electron chi connectivity index (χ4n) is 1.15. The molecule has 7 heteroatoms. The number of sulfonamides is 1. The molecule has 5 nitrogen and oxygen atoms in total. The minimum Gasteiger partial charge on any atom is -0.266 e. The lowest BCUT2D eigenvalue weighted by atomic mass is 10.3. The average Bonchev–Trinajstić information content (AvgIpc) is 2.49. The van der Waals surface area contributed by atoms with E-state index in [0.717, 1.165) is 16.2 Å². The third-order valence-electron chi connectivity index (χ3n) is 1.75. The molecule has 1 amide bonds. The second-order valence-electron chi connectivity index (χ2n) is 2.66. The molecular formula is C6H6N2O3S2. The predicted octanol–water partition coefficient (Wildman–Crippen LogP) is 0.0747. The molecule has 0 saturated carbocycles. The van der Waals surface area contributed by atoms with Crippen molar-refractivity contribution in [3.63, 3.8) is 0 Å². The van der Waals surface area contributed by atoms with Gasteiger partial charge in [0.1, 0.15) is 0 Å². The number of nitrogens with two attached hydrogens (primary N) is 1. The van der Waals surface area contributed by atoms with Crippen LogP contribution in [0.15, 0.2) is 10.3 Å². The summed E-state index contributed by atoms with van der Waals surface area (Å²) >= 11 is 1.06. The molecule has 1 aromatic rings. The Labute approximate surface area is 78.8 Å². The Bertz CT molecular complexity index is 488. The molecule has 70 valence electrons. The summed E-state index contributed by atoms with van der Waals surface area (Å²) in [5.41, 5.74) is 0.185. The van der Waals surface area contributed by atoms with Crippen molar-refractivity contribution in [2.45, 2.75) is 11.1 Å². The van der Waals surface area contributed by atoms with E-state index < -0.39 is 15.9 Å². The van der Waals surface area contributed by atoms with Crippen molar-refractivity contribution >= 4 is 27.3 Å². The molecule has 0 fully saturated rings. The largest absolute Gasteiger partial charge is 0.290 e. The van der Waals surface area contributed by atoms with Crippen molar-refractivity contribution in [3.8, 4) is 0 Å². The maximum Gasteiger partial charge on any atom is 0.290 e. The van der Waals surface area contributed by atoms with E-state index in [9.17, 15) is 13.2 Å². The van der Waals surface area contributed by atoms with Gasteiger partial charge in [0.15, 0.2) is 4.21 Å². The van der Waals surface area contributed by atoms with Crippen LogP contribution in [0, 0.1) is 6.92 Å². The number of hydrogen-bond donors (Lipinski definition) is 1. The molecule has 0 saturated heterocycles. The third kappa shape index (κ3) is 0.946. The van der Waals surface area contributed by atoms with Gasteiger partial charge in [0, 0.05) is 4.88 Å². The Morgan fingerprint density at radius 3 is 2.69 bits per heavy atom. The molecule has 13 heavy (non-hydrogen) atoms. The summed E-state index contributed by atoms with van der Waals surface area (Å²) in [6.07, 6.45) is 0. The Balaban J connectivity index is 2.80. The highest BCUT2D eigenvalue weighted by molar-refractivity contribution is 7.92. The molecule has 0 atom stereocenters. The van der Waals surface area contributed by atoms with Crippen LogP contribution in [-0.4, -0.2) is 18.7 Å². The Morgan fingerprint density at radius 2 is 2.15 bits per heavy atom. The molecule has 0 radical (unpaired) electrons. The molecule has 2 N–H and O–H groups in total. The Morgan fingerprint density at radius 1 is 1.54 bits per heavy atom. The summed E-state index contributed by atoms with van der Waals surface area (Å²) in [7, 11) is -3.73. The predicted molar refractivity (Wildman–Crippen MR) is 46.6 cm³/mol. The third-order valence-corrected chi connectivity index (χ3v) is 4.84. The summed E-state index contributed by atoms with van der Waals surface area (Å²) in [5, 5.41) is 0. The number of carbonyl (C=O) groups is 1. The van der Waals surface area contributed by atoms with Gasteiger partial charge in [0.2, 0.25) is 0 Å². The quantitative estimate of drug-likeness (QED) is 0.493. The topological polar surface area (TPSA) is 80.5 Å². The van der Waals surface area contributed by atoms with E-state index in [2.05, 4.69) is 0 Å². The van der Waals surface area contributed by atoms with Crippen molar-refractivity contribution in [2.75, 3.05) is 0 Å². The highest BCUT2D eigenvalue weighted by atomic mass is 32.2. The van der Waals surface area contributed by atoms with E-state index in [4.69, 9.17) is 5.84 Å². The normalized spacial score (nSPS) is 19.2. The minimum atomic E-state index is -3.73. The van der Waals surface area contributed by atoms with Gasteiger partial charge in [-0.3, -0.25) is 4.79 Å². The summed E-state index contributed by atoms with van der Waals surface area (Å²) in [5.74, 6) is 4.45. The van der Waals surface area contributed by atoms with Crippen LogP contribution in [0.1, 0.15) is 15.2 Å². The number of rotatable bonds is 0. The number of amides is 1. The lowest BCUT2D eigenvalue weighted by molar-refractivity contribution is 0.0871. The molecule has 0 aromatic carbocycles. The van der Waals surface area contributed by atoms with Crippen LogP contribution in [0.4, 0.5) is 0 Å². The van der Waals surface area contributed by atoms with Crippen molar-refractivity contribution in [1.29, 1.82) is 0 Å². The van der Waals surface area contributed by atoms with Gasteiger partial charge in [-0.05, 0) is 13.0 Å². The van der Waals surface area contributed by atoms with E-state index in [1.807, 2.05) is 0 Å². The molecule has 1 aromatic heterocycles. The van der Waals surface area contributed by atoms with Crippen molar-refractivity contribution in [2.24, 2.45) is 5.84 Å². The minimum absolute atomic E-state index is 0.0532. The van der Waals surface area contributed by atoms with Gasteiger partial charge in [-0.2, -0.15) is 12.8 Å². The molecule has 1 aliphatic rings. The first-order valence-corrected chi connectivity index (χ1v) is 5.65. The van der Waals surface area contributed by atoms with Crippen LogP contribution < -0.4 is 5.84 Å². The van der Waals surface area contributed by atoms with Crippen molar-refractivity contribution in [3.05, 3.63) is 16.5 Å². The van der Waals surface area contributed by atoms with Gasteiger partial charge < -0.3 is 0 Å². The molecule has 0 spiro atoms. The number of nitrogens with zero attached hydrogens (tertiary/aromatic N) is 1. The lowest BCUT2D eigenvalue weighted by Gasteiger charge is -2.05. The monoisotopic (exact) mass is 218 g/mol. The molecule has 0 bridgehead atoms. The van der Waals surface area contributed by atoms with Crippen LogP contribution in [0.2, 0.25) is 0 Å². The summed E-state index contributed by atoms with van der Waals surface area (Å²) in [6.45, 7) is 1.74. The molecule has 0 aliphatic carbocycles. The first kappa shape index (κ1) is 8.67.